The molecular weight excluding hydrogens is 174 g/mol. The molecule has 0 spiro atoms. The molecule has 2 nitrogen and oxygen atoms in total. The summed E-state index contributed by atoms with van der Waals surface area (Å²) in [4.78, 5) is 0. The lowest BCUT2D eigenvalue weighted by atomic mass is 9.72. The molecule has 0 aromatic rings. The number of ether oxygens (including phenoxy) is 1. The van der Waals surface area contributed by atoms with Gasteiger partial charge in [0.25, 0.3) is 0 Å². The molecule has 2 rings (SSSR count). The van der Waals surface area contributed by atoms with Crippen molar-refractivity contribution in [3.8, 4) is 0 Å². The Morgan fingerprint density at radius 1 is 1.21 bits per heavy atom. The van der Waals surface area contributed by atoms with Gasteiger partial charge in [0, 0.05) is 18.7 Å². The first-order valence-electron chi connectivity index (χ1n) is 6.11. The maximum atomic E-state index is 5.48. The maximum absolute atomic E-state index is 5.48. The highest BCUT2D eigenvalue weighted by Gasteiger charge is 2.34. The van der Waals surface area contributed by atoms with Crippen molar-refractivity contribution in [1.82, 2.24) is 5.32 Å². The Balaban J connectivity index is 1.74. The van der Waals surface area contributed by atoms with Crippen LogP contribution in [-0.4, -0.2) is 25.3 Å². The molecule has 1 saturated carbocycles. The molecule has 2 fully saturated rings. The van der Waals surface area contributed by atoms with Gasteiger partial charge in [-0.2, -0.15) is 0 Å². The highest BCUT2D eigenvalue weighted by molar-refractivity contribution is 4.90. The molecule has 2 aliphatic rings. The first-order chi connectivity index (χ1) is 6.77. The van der Waals surface area contributed by atoms with Crippen molar-refractivity contribution in [3.05, 3.63) is 0 Å². The lowest BCUT2D eigenvalue weighted by molar-refractivity contribution is 0.0473. The van der Waals surface area contributed by atoms with Gasteiger partial charge in [0.1, 0.15) is 0 Å². The summed E-state index contributed by atoms with van der Waals surface area (Å²) < 4.78 is 5.48. The van der Waals surface area contributed by atoms with Gasteiger partial charge in [-0.25, -0.2) is 0 Å². The van der Waals surface area contributed by atoms with E-state index in [2.05, 4.69) is 19.2 Å². The molecule has 14 heavy (non-hydrogen) atoms. The van der Waals surface area contributed by atoms with Crippen LogP contribution in [-0.2, 0) is 4.74 Å². The Bertz CT molecular complexity index is 175. The van der Waals surface area contributed by atoms with Crippen molar-refractivity contribution < 1.29 is 4.74 Å². The average molecular weight is 197 g/mol. The van der Waals surface area contributed by atoms with Crippen LogP contribution in [0.3, 0.4) is 0 Å². The van der Waals surface area contributed by atoms with Crippen molar-refractivity contribution in [2.75, 3.05) is 13.2 Å². The minimum absolute atomic E-state index is 0.635. The van der Waals surface area contributed by atoms with E-state index in [1.54, 1.807) is 0 Å². The van der Waals surface area contributed by atoms with E-state index in [4.69, 9.17) is 4.74 Å². The lowest BCUT2D eigenvalue weighted by Gasteiger charge is -2.42. The fourth-order valence-electron chi connectivity index (χ4n) is 2.71. The van der Waals surface area contributed by atoms with Crippen molar-refractivity contribution >= 4 is 0 Å². The number of rotatable bonds is 3. The Hall–Kier alpha value is -0.0800. The highest BCUT2D eigenvalue weighted by atomic mass is 16.5. The van der Waals surface area contributed by atoms with E-state index in [0.717, 1.165) is 31.1 Å². The van der Waals surface area contributed by atoms with Crippen LogP contribution in [0.25, 0.3) is 0 Å². The van der Waals surface area contributed by atoms with E-state index < -0.39 is 0 Å². The zero-order valence-electron chi connectivity index (χ0n) is 9.46. The number of hydrogen-bond donors (Lipinski definition) is 1. The van der Waals surface area contributed by atoms with Crippen LogP contribution < -0.4 is 5.32 Å². The predicted molar refractivity (Wildman–Crippen MR) is 58.3 cm³/mol. The lowest BCUT2D eigenvalue weighted by Crippen LogP contribution is -2.52. The molecule has 1 saturated heterocycles. The van der Waals surface area contributed by atoms with Gasteiger partial charge < -0.3 is 10.1 Å². The van der Waals surface area contributed by atoms with E-state index in [1.807, 2.05) is 0 Å². The molecular formula is C12H23NO. The van der Waals surface area contributed by atoms with Crippen LogP contribution in [0.1, 0.15) is 39.5 Å². The molecule has 0 bridgehead atoms. The van der Waals surface area contributed by atoms with Gasteiger partial charge in [0.2, 0.25) is 0 Å². The maximum Gasteiger partial charge on any atom is 0.0619 e. The zero-order chi connectivity index (χ0) is 9.97. The van der Waals surface area contributed by atoms with Crippen LogP contribution in [0.15, 0.2) is 0 Å². The predicted octanol–water partition coefficient (Wildman–Crippen LogP) is 2.19. The SMILES string of the molecule is CC(C)C1CCC1N[C@H]1CCCOC1. The van der Waals surface area contributed by atoms with Crippen molar-refractivity contribution in [2.45, 2.75) is 51.6 Å². The molecule has 0 aromatic carbocycles. The zero-order valence-corrected chi connectivity index (χ0v) is 9.46. The minimum atomic E-state index is 0.635. The second kappa shape index (κ2) is 4.63. The van der Waals surface area contributed by atoms with Crippen LogP contribution in [0.4, 0.5) is 0 Å². The summed E-state index contributed by atoms with van der Waals surface area (Å²) in [5.74, 6) is 1.75. The van der Waals surface area contributed by atoms with E-state index in [-0.39, 0.29) is 0 Å². The normalized spacial score (nSPS) is 38.4. The third-order valence-electron chi connectivity index (χ3n) is 3.79. The molecule has 2 unspecified atom stereocenters. The topological polar surface area (TPSA) is 21.3 Å². The fraction of sp³-hybridized carbons (Fsp3) is 1.00. The molecule has 1 aliphatic carbocycles. The van der Waals surface area contributed by atoms with E-state index >= 15 is 0 Å². The molecule has 1 heterocycles. The van der Waals surface area contributed by atoms with Crippen molar-refractivity contribution in [2.24, 2.45) is 11.8 Å². The van der Waals surface area contributed by atoms with Crippen molar-refractivity contribution in [3.63, 3.8) is 0 Å². The van der Waals surface area contributed by atoms with E-state index in [1.165, 1.54) is 25.7 Å². The van der Waals surface area contributed by atoms with Gasteiger partial charge in [-0.1, -0.05) is 13.8 Å². The Kier molecular flexibility index (Phi) is 3.45. The molecule has 1 aliphatic heterocycles. The molecule has 0 amide bonds. The summed E-state index contributed by atoms with van der Waals surface area (Å²) in [6.07, 6.45) is 5.33. The van der Waals surface area contributed by atoms with Crippen molar-refractivity contribution in [1.29, 1.82) is 0 Å². The fourth-order valence-corrected chi connectivity index (χ4v) is 2.71. The summed E-state index contributed by atoms with van der Waals surface area (Å²) in [5.41, 5.74) is 0. The summed E-state index contributed by atoms with van der Waals surface area (Å²) in [7, 11) is 0. The third-order valence-corrected chi connectivity index (χ3v) is 3.79. The van der Waals surface area contributed by atoms with E-state index in [0.29, 0.717) is 6.04 Å². The van der Waals surface area contributed by atoms with Crippen LogP contribution >= 0.6 is 0 Å². The monoisotopic (exact) mass is 197 g/mol. The molecule has 82 valence electrons. The van der Waals surface area contributed by atoms with Gasteiger partial charge in [0.05, 0.1) is 6.61 Å². The van der Waals surface area contributed by atoms with Gasteiger partial charge in [-0.3, -0.25) is 0 Å². The van der Waals surface area contributed by atoms with Gasteiger partial charge in [0.15, 0.2) is 0 Å². The second-order valence-electron chi connectivity index (χ2n) is 5.17. The summed E-state index contributed by atoms with van der Waals surface area (Å²) in [6.45, 7) is 6.59. The highest BCUT2D eigenvalue weighted by Crippen LogP contribution is 2.34. The summed E-state index contributed by atoms with van der Waals surface area (Å²) in [5, 5.41) is 3.76. The molecule has 3 atom stereocenters. The van der Waals surface area contributed by atoms with E-state index in [9.17, 15) is 0 Å². The number of hydrogen-bond acceptors (Lipinski definition) is 2. The first kappa shape index (κ1) is 10.4. The molecule has 0 radical (unpaired) electrons. The van der Waals surface area contributed by atoms with Crippen LogP contribution in [0.2, 0.25) is 0 Å². The summed E-state index contributed by atoms with van der Waals surface area (Å²) in [6, 6.07) is 1.41. The smallest absolute Gasteiger partial charge is 0.0619 e. The quantitative estimate of drug-likeness (QED) is 0.749. The average Bonchev–Trinajstić information content (AvgIpc) is 2.13. The van der Waals surface area contributed by atoms with Gasteiger partial charge in [-0.05, 0) is 37.5 Å². The largest absolute Gasteiger partial charge is 0.380 e. The Morgan fingerprint density at radius 2 is 2.07 bits per heavy atom. The second-order valence-corrected chi connectivity index (χ2v) is 5.17. The first-order valence-corrected chi connectivity index (χ1v) is 6.11. The van der Waals surface area contributed by atoms with Gasteiger partial charge in [-0.15, -0.1) is 0 Å². The Morgan fingerprint density at radius 3 is 2.57 bits per heavy atom. The third kappa shape index (κ3) is 2.29. The van der Waals surface area contributed by atoms with Crippen LogP contribution in [0.5, 0.6) is 0 Å². The number of nitrogens with one attached hydrogen (secondary N) is 1. The molecule has 2 heteroatoms. The molecule has 0 aromatic heterocycles. The standard InChI is InChI=1S/C12H23NO/c1-9(2)11-5-6-12(11)13-10-4-3-7-14-8-10/h9-13H,3-8H2,1-2H3/t10-,11?,12?/m0/s1. The minimum Gasteiger partial charge on any atom is -0.380 e. The van der Waals surface area contributed by atoms with Crippen LogP contribution in [0, 0.1) is 11.8 Å². The summed E-state index contributed by atoms with van der Waals surface area (Å²) >= 11 is 0. The Labute approximate surface area is 87.4 Å². The van der Waals surface area contributed by atoms with Gasteiger partial charge >= 0.3 is 0 Å². The molecule has 1 N–H and O–H groups in total.